The molecule has 452 valence electrons. The lowest BCUT2D eigenvalue weighted by Crippen LogP contribution is -2.59. The van der Waals surface area contributed by atoms with Gasteiger partial charge in [-0.2, -0.15) is 0 Å². The lowest BCUT2D eigenvalue weighted by atomic mass is 9.63. The maximum Gasteiger partial charge on any atom is 0.245 e. The summed E-state index contributed by atoms with van der Waals surface area (Å²) in [5.41, 5.74) is 0.0665. The molecule has 82 heavy (non-hydrogen) atoms. The van der Waals surface area contributed by atoms with E-state index in [1.807, 2.05) is 51.3 Å². The average molecular weight is 1140 g/mol. The summed E-state index contributed by atoms with van der Waals surface area (Å²) >= 11 is 0. The first-order valence-electron chi connectivity index (χ1n) is 31.6. The van der Waals surface area contributed by atoms with Crippen LogP contribution in [0.5, 0.6) is 0 Å². The van der Waals surface area contributed by atoms with E-state index in [1.165, 1.54) is 37.1 Å². The van der Waals surface area contributed by atoms with E-state index in [2.05, 4.69) is 45.2 Å². The largest absolute Gasteiger partial charge is 0.351 e. The topological polar surface area (TPSA) is 164 Å². The van der Waals surface area contributed by atoms with Crippen molar-refractivity contribution in [2.45, 2.75) is 205 Å². The van der Waals surface area contributed by atoms with Gasteiger partial charge < -0.3 is 40.9 Å². The summed E-state index contributed by atoms with van der Waals surface area (Å²) in [6.45, 7) is 16.2. The van der Waals surface area contributed by atoms with Gasteiger partial charge in [0, 0.05) is 75.3 Å². The number of carbonyl (C=O) groups excluding carboxylic acids is 6. The molecule has 8 fully saturated rings. The van der Waals surface area contributed by atoms with Crippen molar-refractivity contribution in [3.8, 4) is 0 Å². The van der Waals surface area contributed by atoms with E-state index in [4.69, 9.17) is 0 Å². The fourth-order valence-corrected chi connectivity index (χ4v) is 16.4. The zero-order valence-electron chi connectivity index (χ0n) is 50.8. The minimum Gasteiger partial charge on any atom is -0.351 e. The third-order valence-corrected chi connectivity index (χ3v) is 20.7. The van der Waals surface area contributed by atoms with Crippen molar-refractivity contribution < 1.29 is 37.5 Å². The standard InChI is InChI=1S/2C33H49FN4O3/c2*1-32(2,3)36-31(41)33(24-8-6-5-7-9-24)14-16-38(17-15-33)30(40)27(19-22-10-12-25(34)13-11-22)35-29(39)26-18-23-20-28(26)37(4)21-23/h2*10-13,23-24,26-28H,5-9,14-21H2,1-4H3,(H,35,39)(H,36,41)/t23-,26-,27+,28-;23-,26-,27-,28-/m01/s1. The summed E-state index contributed by atoms with van der Waals surface area (Å²) < 4.78 is 27.2. The number of likely N-dealkylation sites (tertiary alicyclic amines) is 4. The van der Waals surface area contributed by atoms with E-state index >= 15 is 0 Å². The van der Waals surface area contributed by atoms with Crippen LogP contribution >= 0.6 is 0 Å². The molecule has 8 atom stereocenters. The molecule has 0 unspecified atom stereocenters. The van der Waals surface area contributed by atoms with Crippen LogP contribution in [0.1, 0.15) is 168 Å². The predicted octanol–water partition coefficient (Wildman–Crippen LogP) is 8.59. The molecule has 8 aliphatic rings. The van der Waals surface area contributed by atoms with Gasteiger partial charge in [0.1, 0.15) is 23.7 Å². The molecule has 2 aromatic rings. The van der Waals surface area contributed by atoms with Crippen LogP contribution < -0.4 is 21.3 Å². The van der Waals surface area contributed by atoms with Gasteiger partial charge in [-0.15, -0.1) is 0 Å². The smallest absolute Gasteiger partial charge is 0.245 e. The van der Waals surface area contributed by atoms with E-state index in [1.54, 1.807) is 24.3 Å². The van der Waals surface area contributed by atoms with Crippen molar-refractivity contribution >= 4 is 35.4 Å². The van der Waals surface area contributed by atoms with Gasteiger partial charge >= 0.3 is 0 Å². The number of benzene rings is 2. The number of halogens is 2. The predicted molar refractivity (Wildman–Crippen MR) is 315 cm³/mol. The van der Waals surface area contributed by atoms with Crippen molar-refractivity contribution in [3.05, 3.63) is 71.3 Å². The normalized spacial score (nSPS) is 27.4. The quantitative estimate of drug-likeness (QED) is 0.146. The van der Waals surface area contributed by atoms with E-state index in [0.717, 1.165) is 101 Å². The number of rotatable bonds is 14. The van der Waals surface area contributed by atoms with Crippen LogP contribution in [0.4, 0.5) is 8.78 Å². The van der Waals surface area contributed by atoms with Crippen LogP contribution in [-0.2, 0) is 41.6 Å². The molecular formula is C66H98F2N8O6. The minimum atomic E-state index is -0.719. The monoisotopic (exact) mass is 1140 g/mol. The van der Waals surface area contributed by atoms with Gasteiger partial charge in [-0.3, -0.25) is 28.8 Å². The maximum absolute atomic E-state index is 14.1. The fraction of sp³-hybridized carbons (Fsp3) is 0.727. The van der Waals surface area contributed by atoms with Crippen LogP contribution in [0, 0.1) is 58.0 Å². The zero-order chi connectivity index (χ0) is 58.7. The molecule has 4 aliphatic carbocycles. The van der Waals surface area contributed by atoms with Crippen LogP contribution in [0.2, 0.25) is 0 Å². The summed E-state index contributed by atoms with van der Waals surface area (Å²) in [7, 11) is 4.15. The van der Waals surface area contributed by atoms with Gasteiger partial charge in [-0.25, -0.2) is 8.78 Å². The van der Waals surface area contributed by atoms with Crippen LogP contribution in [0.15, 0.2) is 48.5 Å². The molecule has 4 N–H and O–H groups in total. The molecule has 0 aromatic heterocycles. The Hall–Kier alpha value is -4.96. The second-order valence-electron chi connectivity index (χ2n) is 28.7. The summed E-state index contributed by atoms with van der Waals surface area (Å²) in [5, 5.41) is 12.8. The second kappa shape index (κ2) is 25.7. The average Bonchev–Trinajstić information content (AvgIpc) is 4.39. The molecule has 10 rings (SSSR count). The Kier molecular flexibility index (Phi) is 19.3. The summed E-state index contributed by atoms with van der Waals surface area (Å²) in [6.07, 6.45) is 18.3. The summed E-state index contributed by atoms with van der Waals surface area (Å²) in [6, 6.07) is 11.4. The highest BCUT2D eigenvalue weighted by Crippen LogP contribution is 2.49. The molecule has 0 spiro atoms. The Morgan fingerprint density at radius 2 is 0.841 bits per heavy atom. The van der Waals surface area contributed by atoms with Crippen molar-refractivity contribution in [2.75, 3.05) is 53.4 Å². The Balaban J connectivity index is 0.000000198. The lowest BCUT2D eigenvalue weighted by molar-refractivity contribution is -0.147. The first-order chi connectivity index (χ1) is 38.9. The highest BCUT2D eigenvalue weighted by Gasteiger charge is 2.53. The van der Waals surface area contributed by atoms with Crippen molar-refractivity contribution in [2.24, 2.45) is 46.3 Å². The SMILES string of the molecule is CN1C[C@H]2C[C@@H]1[C@H](C(=O)N[C@H](Cc1ccc(F)cc1)C(=O)N1CCC(C(=O)NC(C)(C)C)(C3CCCCC3)CC1)C2.CN1C[C@H]2C[C@H](C(=O)N[C@H](Cc3ccc(F)cc3)C(=O)N3CCC(C(=O)NC(C)(C)C)(C4CCCCC4)CC3)[C@@H]1C2. The Labute approximate surface area is 488 Å². The van der Waals surface area contributed by atoms with Gasteiger partial charge in [0.25, 0.3) is 0 Å². The first-order valence-corrected chi connectivity index (χ1v) is 31.6. The lowest BCUT2D eigenvalue weighted by Gasteiger charge is -2.48. The molecule has 4 saturated carbocycles. The van der Waals surface area contributed by atoms with E-state index in [0.29, 0.717) is 88.4 Å². The van der Waals surface area contributed by atoms with E-state index < -0.39 is 22.9 Å². The van der Waals surface area contributed by atoms with E-state index in [9.17, 15) is 37.5 Å². The minimum absolute atomic E-state index is 0.0531. The molecule has 14 nitrogen and oxygen atoms in total. The van der Waals surface area contributed by atoms with Crippen LogP contribution in [0.3, 0.4) is 0 Å². The number of nitrogens with zero attached hydrogens (tertiary/aromatic N) is 4. The van der Waals surface area contributed by atoms with Gasteiger partial charge in [0.15, 0.2) is 0 Å². The Morgan fingerprint density at radius 3 is 1.13 bits per heavy atom. The maximum atomic E-state index is 14.1. The number of carbonyl (C=O) groups is 6. The van der Waals surface area contributed by atoms with Crippen LogP contribution in [-0.4, -0.2) is 144 Å². The molecule has 2 aromatic carbocycles. The van der Waals surface area contributed by atoms with Gasteiger partial charge in [0.05, 0.1) is 22.7 Å². The number of fused-ring (bicyclic) bond motifs is 4. The molecule has 4 aliphatic heterocycles. The number of hydrogen-bond acceptors (Lipinski definition) is 8. The van der Waals surface area contributed by atoms with Gasteiger partial charge in [0.2, 0.25) is 35.4 Å². The molecule has 4 heterocycles. The number of piperidine rings is 4. The highest BCUT2D eigenvalue weighted by atomic mass is 19.1. The number of nitrogens with one attached hydrogen (secondary N) is 4. The van der Waals surface area contributed by atoms with Gasteiger partial charge in [-0.1, -0.05) is 62.8 Å². The molecule has 0 radical (unpaired) electrons. The zero-order valence-corrected chi connectivity index (χ0v) is 50.8. The molecule has 4 bridgehead atoms. The first kappa shape index (κ1) is 61.6. The Morgan fingerprint density at radius 1 is 0.512 bits per heavy atom. The molecular weight excluding hydrogens is 1040 g/mol. The second-order valence-corrected chi connectivity index (χ2v) is 28.7. The van der Waals surface area contributed by atoms with Crippen molar-refractivity contribution in [1.29, 1.82) is 0 Å². The fourth-order valence-electron chi connectivity index (χ4n) is 16.4. The van der Waals surface area contributed by atoms with Crippen molar-refractivity contribution in [3.63, 3.8) is 0 Å². The van der Waals surface area contributed by atoms with Gasteiger partial charge in [-0.05, 0) is 192 Å². The summed E-state index contributed by atoms with van der Waals surface area (Å²) in [4.78, 5) is 91.0. The molecule has 4 saturated heterocycles. The number of hydrogen-bond donors (Lipinski definition) is 4. The summed E-state index contributed by atoms with van der Waals surface area (Å²) in [5.74, 6) is 0.825. The van der Waals surface area contributed by atoms with E-state index in [-0.39, 0.29) is 82.1 Å². The highest BCUT2D eigenvalue weighted by molar-refractivity contribution is 5.91. The third-order valence-electron chi connectivity index (χ3n) is 20.7. The molecule has 16 heteroatoms. The Bertz CT molecular complexity index is 2380. The third kappa shape index (κ3) is 14.4. The van der Waals surface area contributed by atoms with Crippen LogP contribution in [0.25, 0.3) is 0 Å². The molecule has 6 amide bonds. The number of amides is 6. The van der Waals surface area contributed by atoms with Crippen molar-refractivity contribution in [1.82, 2.24) is 40.9 Å².